The highest BCUT2D eigenvalue weighted by atomic mass is 16.3. The van der Waals surface area contributed by atoms with Crippen LogP contribution in [0.5, 0.6) is 0 Å². The van der Waals surface area contributed by atoms with Crippen molar-refractivity contribution in [1.29, 1.82) is 0 Å². The van der Waals surface area contributed by atoms with Crippen LogP contribution in [0.25, 0.3) is 76.9 Å². The molecule has 11 rings (SSSR count). The SMILES string of the molecule is c1ccc(-c2ccc(C(c3ccc4ccccc4c3)c3cccc4c3Cc3c-4cc4ccccc4c3-c3cccc4c3oc3ccccc34)cc2)cc1. The lowest BCUT2D eigenvalue weighted by molar-refractivity contribution is 0.670. The van der Waals surface area contributed by atoms with E-state index in [1.54, 1.807) is 0 Å². The molecule has 0 saturated carbocycles. The van der Waals surface area contributed by atoms with Crippen molar-refractivity contribution in [1.82, 2.24) is 0 Å². The molecular formula is C52H34O. The Morgan fingerprint density at radius 2 is 1.06 bits per heavy atom. The fourth-order valence-electron chi connectivity index (χ4n) is 9.01. The normalized spacial score (nSPS) is 12.8. The molecule has 1 nitrogen and oxygen atoms in total. The van der Waals surface area contributed by atoms with Gasteiger partial charge in [0.05, 0.1) is 0 Å². The van der Waals surface area contributed by atoms with Crippen molar-refractivity contribution < 1.29 is 4.42 Å². The third kappa shape index (κ3) is 4.78. The average Bonchev–Trinajstić information content (AvgIpc) is 3.80. The second-order valence-electron chi connectivity index (χ2n) is 14.4. The summed E-state index contributed by atoms with van der Waals surface area (Å²) in [6.07, 6.45) is 0.851. The van der Waals surface area contributed by atoms with Crippen LogP contribution in [-0.4, -0.2) is 0 Å². The molecule has 1 aliphatic rings. The van der Waals surface area contributed by atoms with Crippen molar-refractivity contribution in [3.8, 4) is 33.4 Å². The maximum absolute atomic E-state index is 6.68. The van der Waals surface area contributed by atoms with Crippen LogP contribution >= 0.6 is 0 Å². The molecule has 1 aliphatic carbocycles. The van der Waals surface area contributed by atoms with E-state index in [4.69, 9.17) is 4.42 Å². The molecule has 0 bridgehead atoms. The molecule has 0 fully saturated rings. The van der Waals surface area contributed by atoms with Gasteiger partial charge in [-0.2, -0.15) is 0 Å². The number of furan rings is 1. The lowest BCUT2D eigenvalue weighted by Gasteiger charge is -2.23. The van der Waals surface area contributed by atoms with E-state index in [0.717, 1.165) is 33.9 Å². The van der Waals surface area contributed by atoms with Gasteiger partial charge in [-0.15, -0.1) is 0 Å². The Bertz CT molecular complexity index is 3020. The zero-order chi connectivity index (χ0) is 34.9. The zero-order valence-electron chi connectivity index (χ0n) is 29.1. The molecule has 0 spiro atoms. The number of benzene rings is 9. The predicted octanol–water partition coefficient (Wildman–Crippen LogP) is 14.0. The van der Waals surface area contributed by atoms with E-state index in [1.807, 2.05) is 0 Å². The van der Waals surface area contributed by atoms with Crippen LogP contribution in [0, 0.1) is 0 Å². The van der Waals surface area contributed by atoms with Crippen molar-refractivity contribution in [2.75, 3.05) is 0 Å². The Hall–Kier alpha value is -6.70. The Balaban J connectivity index is 1.13. The molecule has 1 heteroatoms. The standard InChI is InChI=1S/C52H34O/c1-2-12-33(13-3-1)35-24-27-36(28-25-35)50(39-29-26-34-14-4-5-15-37(34)30-39)43-20-10-19-41-46-31-38-16-6-7-17-40(38)51(48(46)32-47(41)43)45-22-11-21-44-42-18-8-9-23-49(42)53-52(44)45/h1-31,50H,32H2. The summed E-state index contributed by atoms with van der Waals surface area (Å²) in [5, 5.41) is 7.34. The summed E-state index contributed by atoms with van der Waals surface area (Å²) < 4.78 is 6.68. The second kappa shape index (κ2) is 11.9. The van der Waals surface area contributed by atoms with Gasteiger partial charge >= 0.3 is 0 Å². The van der Waals surface area contributed by atoms with Gasteiger partial charge < -0.3 is 4.42 Å². The first-order chi connectivity index (χ1) is 26.3. The van der Waals surface area contributed by atoms with Crippen molar-refractivity contribution in [2.24, 2.45) is 0 Å². The first kappa shape index (κ1) is 30.0. The summed E-state index contributed by atoms with van der Waals surface area (Å²) in [5.74, 6) is 0.0605. The zero-order valence-corrected chi connectivity index (χ0v) is 29.1. The first-order valence-electron chi connectivity index (χ1n) is 18.5. The molecule has 0 saturated heterocycles. The lowest BCUT2D eigenvalue weighted by Crippen LogP contribution is -2.07. The Morgan fingerprint density at radius 1 is 0.396 bits per heavy atom. The number of hydrogen-bond acceptors (Lipinski definition) is 1. The van der Waals surface area contributed by atoms with Crippen molar-refractivity contribution in [3.05, 3.63) is 216 Å². The van der Waals surface area contributed by atoms with Gasteiger partial charge in [0.2, 0.25) is 0 Å². The topological polar surface area (TPSA) is 13.1 Å². The summed E-state index contributed by atoms with van der Waals surface area (Å²) in [6, 6.07) is 68.9. The minimum Gasteiger partial charge on any atom is -0.455 e. The summed E-state index contributed by atoms with van der Waals surface area (Å²) in [5.41, 5.74) is 16.2. The van der Waals surface area contributed by atoms with Gasteiger partial charge in [0.25, 0.3) is 0 Å². The third-order valence-corrected chi connectivity index (χ3v) is 11.5. The number of para-hydroxylation sites is 2. The van der Waals surface area contributed by atoms with Crippen LogP contribution in [0.15, 0.2) is 192 Å². The van der Waals surface area contributed by atoms with Crippen molar-refractivity contribution in [3.63, 3.8) is 0 Å². The largest absolute Gasteiger partial charge is 0.455 e. The molecular weight excluding hydrogens is 641 g/mol. The van der Waals surface area contributed by atoms with Crippen LogP contribution < -0.4 is 0 Å². The quantitative estimate of drug-likeness (QED) is 0.166. The Kier molecular flexibility index (Phi) is 6.75. The van der Waals surface area contributed by atoms with Gasteiger partial charge in [-0.25, -0.2) is 0 Å². The fraction of sp³-hybridized carbons (Fsp3) is 0.0385. The second-order valence-corrected chi connectivity index (χ2v) is 14.4. The highest BCUT2D eigenvalue weighted by molar-refractivity contribution is 6.14. The number of hydrogen-bond donors (Lipinski definition) is 0. The molecule has 0 N–H and O–H groups in total. The molecule has 1 heterocycles. The maximum atomic E-state index is 6.68. The maximum Gasteiger partial charge on any atom is 0.143 e. The van der Waals surface area contributed by atoms with E-state index in [0.29, 0.717) is 0 Å². The molecule has 1 aromatic heterocycles. The van der Waals surface area contributed by atoms with E-state index in [-0.39, 0.29) is 5.92 Å². The molecule has 53 heavy (non-hydrogen) atoms. The average molecular weight is 675 g/mol. The summed E-state index contributed by atoms with van der Waals surface area (Å²) in [6.45, 7) is 0. The highest BCUT2D eigenvalue weighted by Gasteiger charge is 2.30. The van der Waals surface area contributed by atoms with Crippen LogP contribution in [0.3, 0.4) is 0 Å². The smallest absolute Gasteiger partial charge is 0.143 e. The van der Waals surface area contributed by atoms with Gasteiger partial charge in [-0.3, -0.25) is 0 Å². The lowest BCUT2D eigenvalue weighted by atomic mass is 9.80. The third-order valence-electron chi connectivity index (χ3n) is 11.5. The molecule has 1 unspecified atom stereocenters. The van der Waals surface area contributed by atoms with E-state index < -0.39 is 0 Å². The Labute approximate surface area is 308 Å². The van der Waals surface area contributed by atoms with Crippen LogP contribution in [0.1, 0.15) is 33.7 Å². The summed E-state index contributed by atoms with van der Waals surface area (Å²) in [7, 11) is 0. The molecule has 1 atom stereocenters. The van der Waals surface area contributed by atoms with Crippen LogP contribution in [0.2, 0.25) is 0 Å². The van der Waals surface area contributed by atoms with Gasteiger partial charge in [0, 0.05) is 22.3 Å². The van der Waals surface area contributed by atoms with E-state index >= 15 is 0 Å². The first-order valence-corrected chi connectivity index (χ1v) is 18.5. The van der Waals surface area contributed by atoms with Crippen molar-refractivity contribution in [2.45, 2.75) is 12.3 Å². The van der Waals surface area contributed by atoms with Gasteiger partial charge in [0.15, 0.2) is 0 Å². The van der Waals surface area contributed by atoms with Gasteiger partial charge in [-0.05, 0) is 95.7 Å². The molecule has 248 valence electrons. The number of rotatable bonds is 5. The molecule has 0 amide bonds. The van der Waals surface area contributed by atoms with Crippen molar-refractivity contribution >= 4 is 43.5 Å². The minimum absolute atomic E-state index is 0.0605. The van der Waals surface area contributed by atoms with E-state index in [2.05, 4.69) is 188 Å². The minimum atomic E-state index is 0.0605. The molecule has 10 aromatic rings. The van der Waals surface area contributed by atoms with E-state index in [9.17, 15) is 0 Å². The molecule has 0 aliphatic heterocycles. The monoisotopic (exact) mass is 674 g/mol. The summed E-state index contributed by atoms with van der Waals surface area (Å²) in [4.78, 5) is 0. The predicted molar refractivity (Wildman–Crippen MR) is 222 cm³/mol. The molecule has 9 aromatic carbocycles. The molecule has 0 radical (unpaired) electrons. The highest BCUT2D eigenvalue weighted by Crippen LogP contribution is 2.50. The van der Waals surface area contributed by atoms with E-state index in [1.165, 1.54) is 77.2 Å². The number of fused-ring (bicyclic) bond motifs is 8. The van der Waals surface area contributed by atoms with Gasteiger partial charge in [0.1, 0.15) is 11.2 Å². The summed E-state index contributed by atoms with van der Waals surface area (Å²) >= 11 is 0. The van der Waals surface area contributed by atoms with Crippen LogP contribution in [0.4, 0.5) is 0 Å². The van der Waals surface area contributed by atoms with Gasteiger partial charge in [-0.1, -0.05) is 176 Å². The fourth-order valence-corrected chi connectivity index (χ4v) is 9.01. The van der Waals surface area contributed by atoms with Crippen LogP contribution in [-0.2, 0) is 6.42 Å². The Morgan fingerprint density at radius 3 is 1.92 bits per heavy atom.